The van der Waals surface area contributed by atoms with Crippen molar-refractivity contribution in [2.75, 3.05) is 17.9 Å². The summed E-state index contributed by atoms with van der Waals surface area (Å²) in [5, 5.41) is 0. The standard InChI is InChI=1S/C14H17ClF2N2S/c1-3-9(8-20-2)19-12(6-7-15)18-11-5-4-10(16)13(17)14(11)19/h4-5,9H,3,6-8H2,1-2H3. The minimum Gasteiger partial charge on any atom is -0.322 e. The largest absolute Gasteiger partial charge is 0.322 e. The molecule has 0 saturated carbocycles. The van der Waals surface area contributed by atoms with Crippen LogP contribution in [0.3, 0.4) is 0 Å². The molecule has 0 N–H and O–H groups in total. The van der Waals surface area contributed by atoms with Crippen molar-refractivity contribution >= 4 is 34.4 Å². The molecule has 1 heterocycles. The topological polar surface area (TPSA) is 17.8 Å². The number of nitrogens with zero attached hydrogens (tertiary/aromatic N) is 2. The van der Waals surface area contributed by atoms with Crippen LogP contribution in [0.2, 0.25) is 0 Å². The minimum absolute atomic E-state index is 0.0875. The molecule has 0 aliphatic heterocycles. The summed E-state index contributed by atoms with van der Waals surface area (Å²) in [5.41, 5.74) is 0.745. The second-order valence-corrected chi connectivity index (χ2v) is 5.87. The van der Waals surface area contributed by atoms with Gasteiger partial charge in [0.1, 0.15) is 11.3 Å². The van der Waals surface area contributed by atoms with Crippen molar-refractivity contribution in [3.05, 3.63) is 29.6 Å². The van der Waals surface area contributed by atoms with E-state index in [2.05, 4.69) is 4.98 Å². The Morgan fingerprint density at radius 1 is 1.40 bits per heavy atom. The highest BCUT2D eigenvalue weighted by atomic mass is 35.5. The first-order valence-corrected chi connectivity index (χ1v) is 8.46. The van der Waals surface area contributed by atoms with Crippen LogP contribution in [-0.2, 0) is 6.42 Å². The van der Waals surface area contributed by atoms with Crippen LogP contribution in [0.25, 0.3) is 11.0 Å². The predicted molar refractivity (Wildman–Crippen MR) is 81.8 cm³/mol. The average Bonchev–Trinajstić information content (AvgIpc) is 2.80. The van der Waals surface area contributed by atoms with Gasteiger partial charge in [0.25, 0.3) is 0 Å². The van der Waals surface area contributed by atoms with E-state index in [-0.39, 0.29) is 11.6 Å². The molecule has 1 aromatic carbocycles. The zero-order valence-electron chi connectivity index (χ0n) is 11.5. The van der Waals surface area contributed by atoms with Gasteiger partial charge >= 0.3 is 0 Å². The quantitative estimate of drug-likeness (QED) is 0.734. The second kappa shape index (κ2) is 6.76. The summed E-state index contributed by atoms with van der Waals surface area (Å²) in [6.45, 7) is 2.04. The minimum atomic E-state index is -0.838. The van der Waals surface area contributed by atoms with Gasteiger partial charge in [-0.15, -0.1) is 11.6 Å². The van der Waals surface area contributed by atoms with Crippen LogP contribution in [0.5, 0.6) is 0 Å². The molecule has 1 unspecified atom stereocenters. The van der Waals surface area contributed by atoms with E-state index in [1.165, 1.54) is 6.07 Å². The first kappa shape index (κ1) is 15.6. The first-order chi connectivity index (χ1) is 9.63. The molecular formula is C14H17ClF2N2S. The lowest BCUT2D eigenvalue weighted by molar-refractivity contribution is 0.493. The van der Waals surface area contributed by atoms with Crippen LogP contribution in [0.15, 0.2) is 12.1 Å². The Morgan fingerprint density at radius 2 is 2.15 bits per heavy atom. The summed E-state index contributed by atoms with van der Waals surface area (Å²) >= 11 is 7.49. The number of alkyl halides is 1. The fourth-order valence-corrected chi connectivity index (χ4v) is 3.33. The summed E-state index contributed by atoms with van der Waals surface area (Å²) in [5.74, 6) is 0.293. The van der Waals surface area contributed by atoms with E-state index in [0.717, 1.165) is 24.1 Å². The summed E-state index contributed by atoms with van der Waals surface area (Å²) < 4.78 is 29.5. The van der Waals surface area contributed by atoms with Gasteiger partial charge in [-0.2, -0.15) is 11.8 Å². The van der Waals surface area contributed by atoms with Gasteiger partial charge in [0.05, 0.1) is 5.52 Å². The fraction of sp³-hybridized carbons (Fsp3) is 0.500. The maximum absolute atomic E-state index is 14.2. The molecule has 1 aromatic heterocycles. The van der Waals surface area contributed by atoms with Gasteiger partial charge in [0.15, 0.2) is 11.6 Å². The molecule has 0 spiro atoms. The van der Waals surface area contributed by atoms with E-state index in [1.807, 2.05) is 17.7 Å². The van der Waals surface area contributed by atoms with E-state index >= 15 is 0 Å². The third-order valence-corrected chi connectivity index (χ3v) is 4.24. The van der Waals surface area contributed by atoms with Crippen molar-refractivity contribution in [3.63, 3.8) is 0 Å². The number of aryl methyl sites for hydroxylation is 1. The van der Waals surface area contributed by atoms with Gasteiger partial charge in [-0.3, -0.25) is 0 Å². The second-order valence-electron chi connectivity index (χ2n) is 4.58. The molecule has 20 heavy (non-hydrogen) atoms. The Kier molecular flexibility index (Phi) is 5.27. The van der Waals surface area contributed by atoms with E-state index in [4.69, 9.17) is 11.6 Å². The zero-order valence-corrected chi connectivity index (χ0v) is 13.1. The van der Waals surface area contributed by atoms with E-state index in [1.54, 1.807) is 11.8 Å². The lowest BCUT2D eigenvalue weighted by atomic mass is 10.2. The van der Waals surface area contributed by atoms with Gasteiger partial charge in [0, 0.05) is 24.1 Å². The molecule has 0 bridgehead atoms. The molecule has 6 heteroatoms. The first-order valence-electron chi connectivity index (χ1n) is 6.53. The van der Waals surface area contributed by atoms with E-state index in [9.17, 15) is 8.78 Å². The molecule has 1 atom stereocenters. The molecule has 2 rings (SSSR count). The molecule has 2 nitrogen and oxygen atoms in total. The van der Waals surface area contributed by atoms with Gasteiger partial charge in [0.2, 0.25) is 0 Å². The number of rotatable bonds is 6. The number of thioether (sulfide) groups is 1. The number of aromatic nitrogens is 2. The molecule has 0 amide bonds. The molecule has 110 valence electrons. The summed E-state index contributed by atoms with van der Waals surface area (Å²) in [6.07, 6.45) is 3.37. The monoisotopic (exact) mass is 318 g/mol. The Morgan fingerprint density at radius 3 is 2.75 bits per heavy atom. The summed E-state index contributed by atoms with van der Waals surface area (Å²) in [6, 6.07) is 2.73. The predicted octanol–water partition coefficient (Wildman–Crippen LogP) is 4.41. The molecule has 0 aliphatic rings. The third kappa shape index (κ3) is 2.79. The summed E-state index contributed by atoms with van der Waals surface area (Å²) in [4.78, 5) is 4.42. The molecule has 2 aromatic rings. The van der Waals surface area contributed by atoms with Crippen LogP contribution in [-0.4, -0.2) is 27.4 Å². The molecule has 0 saturated heterocycles. The average molecular weight is 319 g/mol. The lowest BCUT2D eigenvalue weighted by Gasteiger charge is -2.19. The maximum atomic E-state index is 14.2. The SMILES string of the molecule is CCC(CSC)n1c(CCCl)nc2ccc(F)c(F)c21. The van der Waals surface area contributed by atoms with Crippen molar-refractivity contribution in [2.24, 2.45) is 0 Å². The maximum Gasteiger partial charge on any atom is 0.184 e. The molecular weight excluding hydrogens is 302 g/mol. The molecule has 0 radical (unpaired) electrons. The van der Waals surface area contributed by atoms with Crippen LogP contribution < -0.4 is 0 Å². The van der Waals surface area contributed by atoms with Gasteiger partial charge in [-0.1, -0.05) is 6.92 Å². The Bertz CT molecular complexity index is 600. The highest BCUT2D eigenvalue weighted by Crippen LogP contribution is 2.29. The Labute approximate surface area is 126 Å². The number of benzene rings is 1. The van der Waals surface area contributed by atoms with Gasteiger partial charge in [-0.25, -0.2) is 13.8 Å². The van der Waals surface area contributed by atoms with Crippen LogP contribution in [0.1, 0.15) is 25.2 Å². The number of fused-ring (bicyclic) bond motifs is 1. The smallest absolute Gasteiger partial charge is 0.184 e. The molecule has 0 fully saturated rings. The van der Waals surface area contributed by atoms with Crippen molar-refractivity contribution in [1.82, 2.24) is 9.55 Å². The van der Waals surface area contributed by atoms with Gasteiger partial charge in [-0.05, 0) is 24.8 Å². The highest BCUT2D eigenvalue weighted by molar-refractivity contribution is 7.98. The van der Waals surface area contributed by atoms with E-state index in [0.29, 0.717) is 17.8 Å². The Balaban J connectivity index is 2.68. The normalized spacial score (nSPS) is 13.1. The summed E-state index contributed by atoms with van der Waals surface area (Å²) in [7, 11) is 0. The van der Waals surface area contributed by atoms with Crippen molar-refractivity contribution in [2.45, 2.75) is 25.8 Å². The fourth-order valence-electron chi connectivity index (χ4n) is 2.39. The van der Waals surface area contributed by atoms with Gasteiger partial charge < -0.3 is 4.57 Å². The number of hydrogen-bond donors (Lipinski definition) is 0. The number of imidazole rings is 1. The van der Waals surface area contributed by atoms with Crippen molar-refractivity contribution in [3.8, 4) is 0 Å². The number of hydrogen-bond acceptors (Lipinski definition) is 2. The van der Waals surface area contributed by atoms with Crippen LogP contribution >= 0.6 is 23.4 Å². The van der Waals surface area contributed by atoms with Crippen molar-refractivity contribution < 1.29 is 8.78 Å². The zero-order chi connectivity index (χ0) is 14.7. The third-order valence-electron chi connectivity index (χ3n) is 3.33. The Hall–Kier alpha value is -0.810. The highest BCUT2D eigenvalue weighted by Gasteiger charge is 2.21. The van der Waals surface area contributed by atoms with E-state index < -0.39 is 11.6 Å². The molecule has 0 aliphatic carbocycles. The van der Waals surface area contributed by atoms with Crippen LogP contribution in [0.4, 0.5) is 8.78 Å². The van der Waals surface area contributed by atoms with Crippen LogP contribution in [0, 0.1) is 11.6 Å². The number of halogens is 3. The van der Waals surface area contributed by atoms with Crippen molar-refractivity contribution in [1.29, 1.82) is 0 Å². The lowest BCUT2D eigenvalue weighted by Crippen LogP contribution is -2.15.